The lowest BCUT2D eigenvalue weighted by Crippen LogP contribution is -2.45. The summed E-state index contributed by atoms with van der Waals surface area (Å²) in [5.74, 6) is -0.119. The largest absolute Gasteiger partial charge is 0.452 e. The lowest BCUT2D eigenvalue weighted by molar-refractivity contribution is -0.141. The normalized spacial score (nSPS) is 23.4. The third-order valence-electron chi connectivity index (χ3n) is 2.62. The molecule has 1 aliphatic carbocycles. The van der Waals surface area contributed by atoms with E-state index in [-0.39, 0.29) is 17.3 Å². The minimum Gasteiger partial charge on any atom is -0.452 e. The van der Waals surface area contributed by atoms with Gasteiger partial charge in [-0.15, -0.1) is 0 Å². The number of hydrogen-bond acceptors (Lipinski definition) is 3. The third-order valence-corrected chi connectivity index (χ3v) is 3.39. The van der Waals surface area contributed by atoms with Gasteiger partial charge in [-0.3, -0.25) is 5.73 Å². The molecule has 0 bridgehead atoms. The van der Waals surface area contributed by atoms with Crippen molar-refractivity contribution in [3.05, 3.63) is 34.0 Å². The molecule has 0 aliphatic heterocycles. The van der Waals surface area contributed by atoms with Crippen LogP contribution in [0.15, 0.2) is 28.3 Å². The van der Waals surface area contributed by atoms with E-state index in [2.05, 4.69) is 5.10 Å². The highest BCUT2D eigenvalue weighted by Gasteiger charge is 2.36. The van der Waals surface area contributed by atoms with Crippen LogP contribution < -0.4 is 10.5 Å². The quantitative estimate of drug-likeness (QED) is 0.849. The summed E-state index contributed by atoms with van der Waals surface area (Å²) in [6.45, 7) is 0. The summed E-state index contributed by atoms with van der Waals surface area (Å²) < 4.78 is 44.0. The van der Waals surface area contributed by atoms with Gasteiger partial charge in [0, 0.05) is 19.5 Å². The lowest BCUT2D eigenvalue weighted by atomic mass is 10.1. The van der Waals surface area contributed by atoms with Crippen LogP contribution in [0.25, 0.3) is 0 Å². The maximum Gasteiger partial charge on any atom is 0.435 e. The predicted molar refractivity (Wildman–Crippen MR) is 68.2 cm³/mol. The molecule has 20 heavy (non-hydrogen) atoms. The van der Waals surface area contributed by atoms with E-state index in [0.29, 0.717) is 5.03 Å². The first-order chi connectivity index (χ1) is 9.11. The predicted octanol–water partition coefficient (Wildman–Crippen LogP) is 3.12. The van der Waals surface area contributed by atoms with Gasteiger partial charge in [-0.2, -0.15) is 18.3 Å². The van der Waals surface area contributed by atoms with E-state index in [1.165, 1.54) is 19.2 Å². The second-order valence-electron chi connectivity index (χ2n) is 4.29. The van der Waals surface area contributed by atoms with Crippen molar-refractivity contribution in [3.8, 4) is 5.88 Å². The average molecular weight is 328 g/mol. The molecule has 1 aliphatic rings. The SMILES string of the molecule is Cn1nc(C(F)(F)F)cc1OC1(N)C=C(Cl)C(Cl)=CC1. The molecular formula is C11H10Cl2F3N3O. The maximum absolute atomic E-state index is 12.5. The topological polar surface area (TPSA) is 53.1 Å². The number of aryl methyl sites for hydroxylation is 1. The Morgan fingerprint density at radius 1 is 1.40 bits per heavy atom. The molecule has 9 heteroatoms. The van der Waals surface area contributed by atoms with Crippen molar-refractivity contribution in [3.63, 3.8) is 0 Å². The maximum atomic E-state index is 12.5. The molecule has 1 aromatic heterocycles. The number of hydrogen-bond donors (Lipinski definition) is 1. The Morgan fingerprint density at radius 3 is 2.55 bits per heavy atom. The van der Waals surface area contributed by atoms with Crippen molar-refractivity contribution < 1.29 is 17.9 Å². The van der Waals surface area contributed by atoms with Crippen molar-refractivity contribution in [2.45, 2.75) is 18.3 Å². The molecule has 0 saturated carbocycles. The number of halogens is 5. The molecule has 0 amide bonds. The van der Waals surface area contributed by atoms with Crippen LogP contribution in [0.1, 0.15) is 12.1 Å². The van der Waals surface area contributed by atoms with Crippen molar-refractivity contribution in [1.82, 2.24) is 9.78 Å². The summed E-state index contributed by atoms with van der Waals surface area (Å²) in [6.07, 6.45) is -1.50. The molecule has 0 radical (unpaired) electrons. The zero-order valence-electron chi connectivity index (χ0n) is 10.2. The Labute approximate surface area is 122 Å². The van der Waals surface area contributed by atoms with Gasteiger partial charge in [0.25, 0.3) is 0 Å². The van der Waals surface area contributed by atoms with Gasteiger partial charge >= 0.3 is 6.18 Å². The minimum atomic E-state index is -4.55. The molecule has 0 spiro atoms. The molecule has 2 N–H and O–H groups in total. The van der Waals surface area contributed by atoms with E-state index < -0.39 is 17.6 Å². The fourth-order valence-electron chi connectivity index (χ4n) is 1.64. The zero-order valence-corrected chi connectivity index (χ0v) is 11.7. The van der Waals surface area contributed by atoms with E-state index in [1.54, 1.807) is 0 Å². The van der Waals surface area contributed by atoms with Crippen molar-refractivity contribution in [1.29, 1.82) is 0 Å². The van der Waals surface area contributed by atoms with E-state index in [1.807, 2.05) is 0 Å². The number of alkyl halides is 3. The van der Waals surface area contributed by atoms with Crippen molar-refractivity contribution in [2.24, 2.45) is 12.8 Å². The first-order valence-corrected chi connectivity index (χ1v) is 6.20. The van der Waals surface area contributed by atoms with Gasteiger partial charge in [-0.25, -0.2) is 4.68 Å². The lowest BCUT2D eigenvalue weighted by Gasteiger charge is -2.28. The first-order valence-electron chi connectivity index (χ1n) is 5.44. The van der Waals surface area contributed by atoms with Gasteiger partial charge in [-0.05, 0) is 6.08 Å². The smallest absolute Gasteiger partial charge is 0.435 e. The Balaban J connectivity index is 2.25. The van der Waals surface area contributed by atoms with Gasteiger partial charge in [0.1, 0.15) is 0 Å². The van der Waals surface area contributed by atoms with Crippen LogP contribution in [0.3, 0.4) is 0 Å². The van der Waals surface area contributed by atoms with Crippen LogP contribution in [-0.4, -0.2) is 15.5 Å². The number of aromatic nitrogens is 2. The van der Waals surface area contributed by atoms with E-state index >= 15 is 0 Å². The fraction of sp³-hybridized carbons (Fsp3) is 0.364. The van der Waals surface area contributed by atoms with Gasteiger partial charge in [0.15, 0.2) is 11.4 Å². The number of nitrogens with two attached hydrogens (primary N) is 1. The van der Waals surface area contributed by atoms with E-state index in [9.17, 15) is 13.2 Å². The van der Waals surface area contributed by atoms with Crippen LogP contribution in [0.4, 0.5) is 13.2 Å². The molecule has 4 nitrogen and oxygen atoms in total. The van der Waals surface area contributed by atoms with Crippen LogP contribution in [0.2, 0.25) is 0 Å². The molecule has 1 heterocycles. The number of ether oxygens (including phenoxy) is 1. The van der Waals surface area contributed by atoms with E-state index in [4.69, 9.17) is 33.7 Å². The van der Waals surface area contributed by atoms with Crippen LogP contribution in [0, 0.1) is 0 Å². The summed E-state index contributed by atoms with van der Waals surface area (Å²) in [5.41, 5.74) is 3.50. The molecule has 110 valence electrons. The third kappa shape index (κ3) is 3.11. The van der Waals surface area contributed by atoms with Gasteiger partial charge < -0.3 is 4.74 Å². The van der Waals surface area contributed by atoms with Crippen LogP contribution >= 0.6 is 23.2 Å². The molecule has 1 unspecified atom stereocenters. The van der Waals surface area contributed by atoms with Gasteiger partial charge in [0.05, 0.1) is 10.1 Å². The Morgan fingerprint density at radius 2 is 2.05 bits per heavy atom. The van der Waals surface area contributed by atoms with Crippen LogP contribution in [0.5, 0.6) is 5.88 Å². The van der Waals surface area contributed by atoms with Gasteiger partial charge in [0.2, 0.25) is 5.88 Å². The summed E-state index contributed by atoms with van der Waals surface area (Å²) in [7, 11) is 1.32. The van der Waals surface area contributed by atoms with Crippen molar-refractivity contribution in [2.75, 3.05) is 0 Å². The highest BCUT2D eigenvalue weighted by Crippen LogP contribution is 2.34. The highest BCUT2D eigenvalue weighted by molar-refractivity contribution is 6.44. The van der Waals surface area contributed by atoms with Gasteiger partial charge in [-0.1, -0.05) is 29.3 Å². The molecule has 0 saturated heterocycles. The number of nitrogens with zero attached hydrogens (tertiary/aromatic N) is 2. The standard InChI is InChI=1S/C11H10Cl2F3N3O/c1-19-9(4-8(18-19)11(14,15)16)20-10(17)3-2-6(12)7(13)5-10/h2,4-5H,3,17H2,1H3. The minimum absolute atomic E-state index is 0.119. The zero-order chi connectivity index (χ0) is 15.1. The van der Waals surface area contributed by atoms with E-state index in [0.717, 1.165) is 10.7 Å². The van der Waals surface area contributed by atoms with Crippen molar-refractivity contribution >= 4 is 23.2 Å². The number of allylic oxidation sites excluding steroid dienone is 2. The molecule has 1 aromatic rings. The Hall–Kier alpha value is -1.18. The average Bonchev–Trinajstić information content (AvgIpc) is 2.66. The Kier molecular flexibility index (Phi) is 3.79. The fourth-order valence-corrected chi connectivity index (χ4v) is 2.03. The summed E-state index contributed by atoms with van der Waals surface area (Å²) in [6, 6.07) is 0.774. The molecular weight excluding hydrogens is 318 g/mol. The monoisotopic (exact) mass is 327 g/mol. The molecule has 2 rings (SSSR count). The number of rotatable bonds is 2. The molecule has 0 aromatic carbocycles. The molecule has 0 fully saturated rings. The first kappa shape index (κ1) is 15.2. The second kappa shape index (κ2) is 4.98. The summed E-state index contributed by atoms with van der Waals surface area (Å²) in [4.78, 5) is 0. The summed E-state index contributed by atoms with van der Waals surface area (Å²) in [5, 5.41) is 3.82. The Bertz CT molecular complexity index is 594. The van der Waals surface area contributed by atoms with Crippen LogP contribution in [-0.2, 0) is 13.2 Å². The molecule has 1 atom stereocenters. The summed E-state index contributed by atoms with van der Waals surface area (Å²) >= 11 is 11.6. The highest BCUT2D eigenvalue weighted by atomic mass is 35.5. The second-order valence-corrected chi connectivity index (χ2v) is 5.11.